The van der Waals surface area contributed by atoms with Gasteiger partial charge in [0.25, 0.3) is 5.91 Å². The Balaban J connectivity index is 1.54. The first-order valence-electron chi connectivity index (χ1n) is 8.53. The summed E-state index contributed by atoms with van der Waals surface area (Å²) in [6, 6.07) is 17.0. The number of nitrogens with zero attached hydrogens (tertiary/aromatic N) is 1. The Kier molecular flexibility index (Phi) is 6.17. The van der Waals surface area contributed by atoms with Crippen LogP contribution < -0.4 is 4.74 Å². The largest absolute Gasteiger partial charge is 0.482 e. The lowest BCUT2D eigenvalue weighted by Gasteiger charge is -2.17. The summed E-state index contributed by atoms with van der Waals surface area (Å²) in [6.45, 7) is 1.08. The topological polar surface area (TPSA) is 66.8 Å². The second kappa shape index (κ2) is 8.76. The van der Waals surface area contributed by atoms with E-state index in [9.17, 15) is 9.59 Å². The van der Waals surface area contributed by atoms with Crippen LogP contribution >= 0.6 is 11.8 Å². The smallest absolute Gasteiger partial charge is 0.341 e. The van der Waals surface area contributed by atoms with Gasteiger partial charge in [0.05, 0.1) is 0 Å². The summed E-state index contributed by atoms with van der Waals surface area (Å²) in [5.74, 6) is 0.803. The third kappa shape index (κ3) is 5.02. The van der Waals surface area contributed by atoms with Crippen LogP contribution in [0, 0.1) is 5.92 Å². The molecule has 0 saturated carbocycles. The van der Waals surface area contributed by atoms with E-state index in [1.165, 1.54) is 4.90 Å². The molecule has 5 nitrogen and oxygen atoms in total. The van der Waals surface area contributed by atoms with Crippen LogP contribution in [0.15, 0.2) is 59.5 Å². The fourth-order valence-corrected chi connectivity index (χ4v) is 3.98. The van der Waals surface area contributed by atoms with Crippen molar-refractivity contribution in [1.82, 2.24) is 4.90 Å². The number of ether oxygens (including phenoxy) is 1. The van der Waals surface area contributed by atoms with Gasteiger partial charge >= 0.3 is 5.97 Å². The molecule has 2 aromatic carbocycles. The second-order valence-electron chi connectivity index (χ2n) is 6.24. The van der Waals surface area contributed by atoms with Gasteiger partial charge in [-0.1, -0.05) is 24.3 Å². The number of benzene rings is 2. The van der Waals surface area contributed by atoms with Crippen molar-refractivity contribution in [2.75, 3.05) is 25.4 Å². The lowest BCUT2D eigenvalue weighted by molar-refractivity contribution is -0.139. The average molecular weight is 371 g/mol. The van der Waals surface area contributed by atoms with E-state index in [0.29, 0.717) is 17.2 Å². The minimum Gasteiger partial charge on any atom is -0.482 e. The summed E-state index contributed by atoms with van der Waals surface area (Å²) in [7, 11) is 0. The number of hydrogen-bond donors (Lipinski definition) is 1. The van der Waals surface area contributed by atoms with Gasteiger partial charge in [-0.3, -0.25) is 4.79 Å². The SMILES string of the molecule is O=C(O)COc1cccc(C(=O)N2CCC(CSc3ccccc3)C2)c1. The van der Waals surface area contributed by atoms with Gasteiger partial charge in [-0.25, -0.2) is 4.79 Å². The third-order valence-electron chi connectivity index (χ3n) is 4.25. The predicted molar refractivity (Wildman–Crippen MR) is 101 cm³/mol. The van der Waals surface area contributed by atoms with Gasteiger partial charge in [0, 0.05) is 29.3 Å². The molecule has 26 heavy (non-hydrogen) atoms. The van der Waals surface area contributed by atoms with Crippen molar-refractivity contribution < 1.29 is 19.4 Å². The highest BCUT2D eigenvalue weighted by molar-refractivity contribution is 7.99. The van der Waals surface area contributed by atoms with Crippen LogP contribution in [0.1, 0.15) is 16.8 Å². The molecule has 136 valence electrons. The van der Waals surface area contributed by atoms with Gasteiger partial charge in [0.2, 0.25) is 0 Å². The molecule has 1 atom stereocenters. The second-order valence-corrected chi connectivity index (χ2v) is 7.33. The minimum atomic E-state index is -1.04. The Bertz CT molecular complexity index is 765. The molecule has 6 heteroatoms. The van der Waals surface area contributed by atoms with Crippen LogP contribution in [0.25, 0.3) is 0 Å². The highest BCUT2D eigenvalue weighted by atomic mass is 32.2. The maximum atomic E-state index is 12.7. The Labute approximate surface area is 157 Å². The number of carbonyl (C=O) groups excluding carboxylic acids is 1. The quantitative estimate of drug-likeness (QED) is 0.756. The highest BCUT2D eigenvalue weighted by Gasteiger charge is 2.27. The van der Waals surface area contributed by atoms with Gasteiger partial charge in [0.1, 0.15) is 5.75 Å². The first-order chi connectivity index (χ1) is 12.6. The summed E-state index contributed by atoms with van der Waals surface area (Å²) in [5.41, 5.74) is 0.532. The normalized spacial score (nSPS) is 16.5. The molecule has 1 fully saturated rings. The van der Waals surface area contributed by atoms with E-state index in [1.54, 1.807) is 24.3 Å². The molecule has 0 aromatic heterocycles. The summed E-state index contributed by atoms with van der Waals surface area (Å²) in [5, 5.41) is 8.69. The van der Waals surface area contributed by atoms with Crippen LogP contribution in [0.3, 0.4) is 0 Å². The van der Waals surface area contributed by atoms with Gasteiger partial charge in [0.15, 0.2) is 6.61 Å². The fourth-order valence-electron chi connectivity index (χ4n) is 2.93. The van der Waals surface area contributed by atoms with E-state index < -0.39 is 12.6 Å². The van der Waals surface area contributed by atoms with Gasteiger partial charge in [-0.2, -0.15) is 0 Å². The van der Waals surface area contributed by atoms with Gasteiger partial charge in [-0.15, -0.1) is 11.8 Å². The van der Waals surface area contributed by atoms with Crippen LogP contribution in [0.4, 0.5) is 0 Å². The predicted octanol–water partition coefficient (Wildman–Crippen LogP) is 3.40. The molecule has 1 aliphatic heterocycles. The molecular weight excluding hydrogens is 350 g/mol. The van der Waals surface area contributed by atoms with Crippen LogP contribution in [0.5, 0.6) is 5.75 Å². The number of likely N-dealkylation sites (tertiary alicyclic amines) is 1. The molecule has 0 bridgehead atoms. The zero-order chi connectivity index (χ0) is 18.4. The van der Waals surface area contributed by atoms with Crippen molar-refractivity contribution in [3.8, 4) is 5.75 Å². The third-order valence-corrected chi connectivity index (χ3v) is 5.49. The van der Waals surface area contributed by atoms with E-state index in [1.807, 2.05) is 34.9 Å². The number of carbonyl (C=O) groups is 2. The molecule has 1 amide bonds. The van der Waals surface area contributed by atoms with E-state index in [2.05, 4.69) is 12.1 Å². The van der Waals surface area contributed by atoms with Crippen LogP contribution in [0.2, 0.25) is 0 Å². The number of hydrogen-bond acceptors (Lipinski definition) is 4. The van der Waals surface area contributed by atoms with E-state index in [-0.39, 0.29) is 5.91 Å². The van der Waals surface area contributed by atoms with Crippen molar-refractivity contribution in [2.45, 2.75) is 11.3 Å². The Hall–Kier alpha value is -2.47. The molecular formula is C20H21NO4S. The van der Waals surface area contributed by atoms with Gasteiger partial charge in [-0.05, 0) is 42.7 Å². The zero-order valence-corrected chi connectivity index (χ0v) is 15.2. The average Bonchev–Trinajstić information content (AvgIpc) is 3.14. The minimum absolute atomic E-state index is 0.0296. The summed E-state index contributed by atoms with van der Waals surface area (Å²) in [6.07, 6.45) is 1.00. The molecule has 0 radical (unpaired) electrons. The molecule has 0 spiro atoms. The summed E-state index contributed by atoms with van der Waals surface area (Å²) in [4.78, 5) is 26.4. The van der Waals surface area contributed by atoms with Crippen molar-refractivity contribution >= 4 is 23.6 Å². The monoisotopic (exact) mass is 371 g/mol. The lowest BCUT2D eigenvalue weighted by Crippen LogP contribution is -2.29. The van der Waals surface area contributed by atoms with Crippen LogP contribution in [-0.2, 0) is 4.79 Å². The Morgan fingerprint density at radius 2 is 1.96 bits per heavy atom. The number of rotatable bonds is 7. The fraction of sp³-hybridized carbons (Fsp3) is 0.300. The lowest BCUT2D eigenvalue weighted by atomic mass is 10.1. The standard InChI is InChI=1S/C20H21NO4S/c22-19(23)13-25-17-6-4-5-16(11-17)20(24)21-10-9-15(12-21)14-26-18-7-2-1-3-8-18/h1-8,11,15H,9-10,12-14H2,(H,22,23). The van der Waals surface area contributed by atoms with E-state index in [4.69, 9.17) is 9.84 Å². The molecule has 1 heterocycles. The first-order valence-corrected chi connectivity index (χ1v) is 9.52. The van der Waals surface area contributed by atoms with Crippen molar-refractivity contribution in [1.29, 1.82) is 0 Å². The molecule has 0 aliphatic carbocycles. The maximum absolute atomic E-state index is 12.7. The number of carboxylic acids is 1. The molecule has 1 aliphatic rings. The van der Waals surface area contributed by atoms with E-state index in [0.717, 1.165) is 25.3 Å². The number of aliphatic carboxylic acids is 1. The van der Waals surface area contributed by atoms with Crippen LogP contribution in [-0.4, -0.2) is 47.3 Å². The number of thioether (sulfide) groups is 1. The van der Waals surface area contributed by atoms with Crippen molar-refractivity contribution in [3.63, 3.8) is 0 Å². The summed E-state index contributed by atoms with van der Waals surface area (Å²) >= 11 is 1.83. The molecule has 1 unspecified atom stereocenters. The van der Waals surface area contributed by atoms with Crippen molar-refractivity contribution in [3.05, 3.63) is 60.2 Å². The summed E-state index contributed by atoms with van der Waals surface area (Å²) < 4.78 is 5.16. The number of amides is 1. The zero-order valence-electron chi connectivity index (χ0n) is 14.3. The maximum Gasteiger partial charge on any atom is 0.341 e. The number of carboxylic acid groups (broad SMARTS) is 1. The Morgan fingerprint density at radius 3 is 2.73 bits per heavy atom. The van der Waals surface area contributed by atoms with E-state index >= 15 is 0 Å². The van der Waals surface area contributed by atoms with Gasteiger partial charge < -0.3 is 14.7 Å². The molecule has 1 N–H and O–H groups in total. The first kappa shape index (κ1) is 18.3. The molecule has 3 rings (SSSR count). The van der Waals surface area contributed by atoms with Crippen molar-refractivity contribution in [2.24, 2.45) is 5.92 Å². The Morgan fingerprint density at radius 1 is 1.15 bits per heavy atom. The molecule has 1 saturated heterocycles. The molecule has 2 aromatic rings. The highest BCUT2D eigenvalue weighted by Crippen LogP contribution is 2.27.